The lowest BCUT2D eigenvalue weighted by molar-refractivity contribution is 1.13. The van der Waals surface area contributed by atoms with Gasteiger partial charge in [0.15, 0.2) is 5.82 Å². The quantitative estimate of drug-likeness (QED) is 0.177. The minimum Gasteiger partial charge on any atom is -0.317 e. The minimum absolute atomic E-state index is 0.701. The predicted molar refractivity (Wildman–Crippen MR) is 236 cm³/mol. The molecule has 0 amide bonds. The van der Waals surface area contributed by atoms with Crippen molar-refractivity contribution in [3.8, 4) is 39.7 Å². The van der Waals surface area contributed by atoms with Gasteiger partial charge in [-0.1, -0.05) is 97.1 Å². The van der Waals surface area contributed by atoms with Gasteiger partial charge in [-0.05, 0) is 97.1 Å². The average Bonchev–Trinajstić information content (AvgIpc) is 3.96. The van der Waals surface area contributed by atoms with Crippen LogP contribution >= 0.6 is 0 Å². The number of hydrogen-bond acceptors (Lipinski definition) is 2. The van der Waals surface area contributed by atoms with E-state index in [2.05, 4.69) is 214 Å². The minimum atomic E-state index is 0.701. The van der Waals surface area contributed by atoms with Gasteiger partial charge in [0.1, 0.15) is 0 Å². The third kappa shape index (κ3) is 4.82. The van der Waals surface area contributed by atoms with Gasteiger partial charge >= 0.3 is 0 Å². The maximum atomic E-state index is 5.42. The van der Waals surface area contributed by atoms with Crippen molar-refractivity contribution in [1.82, 2.24) is 23.7 Å². The number of hydrogen-bond donors (Lipinski definition) is 0. The number of benzene rings is 8. The fourth-order valence-electron chi connectivity index (χ4n) is 8.94. The number of fused-ring (bicyclic) bond motifs is 9. The molecule has 0 spiro atoms. The lowest BCUT2D eigenvalue weighted by Crippen LogP contribution is -1.96. The highest BCUT2D eigenvalue weighted by Gasteiger charge is 2.20. The molecule has 57 heavy (non-hydrogen) atoms. The van der Waals surface area contributed by atoms with E-state index in [0.717, 1.165) is 66.7 Å². The summed E-state index contributed by atoms with van der Waals surface area (Å²) in [5.41, 5.74) is 13.1. The predicted octanol–water partition coefficient (Wildman–Crippen LogP) is 13.1. The van der Waals surface area contributed by atoms with E-state index in [1.54, 1.807) is 0 Å². The van der Waals surface area contributed by atoms with E-state index < -0.39 is 0 Å². The summed E-state index contributed by atoms with van der Waals surface area (Å²) in [5.74, 6) is 0.701. The zero-order chi connectivity index (χ0) is 37.5. The Bertz CT molecular complexity index is 3500. The summed E-state index contributed by atoms with van der Waals surface area (Å²) < 4.78 is 7.00. The van der Waals surface area contributed by atoms with E-state index in [0.29, 0.717) is 5.82 Å². The maximum absolute atomic E-state index is 5.42. The Morgan fingerprint density at radius 2 is 0.877 bits per heavy atom. The average molecular weight is 728 g/mol. The van der Waals surface area contributed by atoms with Crippen LogP contribution in [0.2, 0.25) is 0 Å². The van der Waals surface area contributed by atoms with Crippen LogP contribution in [0.25, 0.3) is 105 Å². The molecule has 266 valence electrons. The molecule has 12 aromatic rings. The highest BCUT2D eigenvalue weighted by atomic mass is 15.0. The van der Waals surface area contributed by atoms with Crippen LogP contribution in [0.1, 0.15) is 0 Å². The van der Waals surface area contributed by atoms with Gasteiger partial charge in [-0.25, -0.2) is 9.97 Å². The van der Waals surface area contributed by atoms with Crippen molar-refractivity contribution in [3.63, 3.8) is 0 Å². The van der Waals surface area contributed by atoms with E-state index in [9.17, 15) is 0 Å². The molecule has 5 heteroatoms. The van der Waals surface area contributed by atoms with Crippen LogP contribution < -0.4 is 0 Å². The molecule has 0 aliphatic rings. The van der Waals surface area contributed by atoms with Crippen LogP contribution in [-0.2, 0) is 0 Å². The van der Waals surface area contributed by atoms with E-state index >= 15 is 0 Å². The summed E-state index contributed by atoms with van der Waals surface area (Å²) in [4.78, 5) is 10.6. The van der Waals surface area contributed by atoms with Crippen LogP contribution in [0.5, 0.6) is 0 Å². The molecule has 0 fully saturated rings. The molecule has 0 unspecified atom stereocenters. The first-order valence-electron chi connectivity index (χ1n) is 19.3. The Morgan fingerprint density at radius 3 is 1.63 bits per heavy atom. The summed E-state index contributed by atoms with van der Waals surface area (Å²) in [6.07, 6.45) is 2.18. The SMILES string of the molecule is c1ccc(-n2ccc3c4c5cc(-c6nc(-c7ccc8c(c7)c7ccccc7n8-c7ccccc7)c7ccccc7n6)ccc5n(-c5ccccc5)c4ccc32)cc1. The Labute approximate surface area is 328 Å². The van der Waals surface area contributed by atoms with Gasteiger partial charge in [0.05, 0.1) is 38.8 Å². The van der Waals surface area contributed by atoms with Gasteiger partial charge < -0.3 is 13.7 Å². The van der Waals surface area contributed by atoms with Gasteiger partial charge in [-0.15, -0.1) is 0 Å². The van der Waals surface area contributed by atoms with Crippen molar-refractivity contribution in [2.24, 2.45) is 0 Å². The lowest BCUT2D eigenvalue weighted by atomic mass is 10.0. The molecule has 0 bridgehead atoms. The highest BCUT2D eigenvalue weighted by molar-refractivity contribution is 6.22. The third-order valence-electron chi connectivity index (χ3n) is 11.5. The molecular formula is C52H33N5. The number of nitrogens with zero attached hydrogens (tertiary/aromatic N) is 5. The first kappa shape index (κ1) is 31.6. The fourth-order valence-corrected chi connectivity index (χ4v) is 8.94. The van der Waals surface area contributed by atoms with Gasteiger partial charge in [-0.3, -0.25) is 0 Å². The van der Waals surface area contributed by atoms with Crippen molar-refractivity contribution >= 4 is 65.4 Å². The Morgan fingerprint density at radius 1 is 0.333 bits per heavy atom. The zero-order valence-corrected chi connectivity index (χ0v) is 30.8. The molecule has 0 N–H and O–H groups in total. The molecule has 4 heterocycles. The second-order valence-corrected chi connectivity index (χ2v) is 14.6. The third-order valence-corrected chi connectivity index (χ3v) is 11.5. The molecule has 0 saturated heterocycles. The fraction of sp³-hybridized carbons (Fsp3) is 0. The number of para-hydroxylation sites is 5. The lowest BCUT2D eigenvalue weighted by Gasteiger charge is -2.11. The second kappa shape index (κ2) is 12.4. The normalized spacial score (nSPS) is 11.9. The monoisotopic (exact) mass is 727 g/mol. The molecular weight excluding hydrogens is 695 g/mol. The molecule has 0 aliphatic heterocycles. The molecule has 0 saturated carbocycles. The van der Waals surface area contributed by atoms with Crippen molar-refractivity contribution in [3.05, 3.63) is 200 Å². The second-order valence-electron chi connectivity index (χ2n) is 14.6. The summed E-state index contributed by atoms with van der Waals surface area (Å²) in [7, 11) is 0. The van der Waals surface area contributed by atoms with E-state index in [1.807, 2.05) is 0 Å². The van der Waals surface area contributed by atoms with Gasteiger partial charge in [-0.2, -0.15) is 0 Å². The maximum Gasteiger partial charge on any atom is 0.160 e. The van der Waals surface area contributed by atoms with Crippen LogP contribution in [0.4, 0.5) is 0 Å². The smallest absolute Gasteiger partial charge is 0.160 e. The van der Waals surface area contributed by atoms with E-state index in [1.165, 1.54) is 32.6 Å². The van der Waals surface area contributed by atoms with Crippen molar-refractivity contribution in [2.45, 2.75) is 0 Å². The standard InChI is InChI=1S/C52H33N5/c1-4-14-36(15-5-1)55-31-30-41-45(55)28-29-49-50(41)43-33-35(25-27-48(43)57(49)38-18-8-3-9-19-38)52-53-44-22-12-10-21-40(44)51(54-52)34-24-26-47-42(32-34)39-20-11-13-23-46(39)56(47)37-16-6-2-7-17-37/h1-33H. The topological polar surface area (TPSA) is 40.6 Å². The van der Waals surface area contributed by atoms with E-state index in [-0.39, 0.29) is 0 Å². The van der Waals surface area contributed by atoms with Gasteiger partial charge in [0.25, 0.3) is 0 Å². The largest absolute Gasteiger partial charge is 0.317 e. The van der Waals surface area contributed by atoms with Crippen LogP contribution in [-0.4, -0.2) is 23.7 Å². The summed E-state index contributed by atoms with van der Waals surface area (Å²) in [5, 5.41) is 7.01. The summed E-state index contributed by atoms with van der Waals surface area (Å²) >= 11 is 0. The summed E-state index contributed by atoms with van der Waals surface area (Å²) in [6, 6.07) is 69.0. The van der Waals surface area contributed by atoms with Crippen molar-refractivity contribution in [2.75, 3.05) is 0 Å². The molecule has 4 aromatic heterocycles. The Kier molecular flexibility index (Phi) is 6.86. The first-order chi connectivity index (χ1) is 28.3. The van der Waals surface area contributed by atoms with Crippen molar-refractivity contribution < 1.29 is 0 Å². The highest BCUT2D eigenvalue weighted by Crippen LogP contribution is 2.41. The van der Waals surface area contributed by atoms with Crippen LogP contribution in [0.15, 0.2) is 200 Å². The van der Waals surface area contributed by atoms with E-state index in [4.69, 9.17) is 9.97 Å². The number of rotatable bonds is 5. The molecule has 8 aromatic carbocycles. The zero-order valence-electron chi connectivity index (χ0n) is 30.8. The molecule has 0 aliphatic carbocycles. The molecule has 12 rings (SSSR count). The van der Waals surface area contributed by atoms with Crippen LogP contribution in [0.3, 0.4) is 0 Å². The van der Waals surface area contributed by atoms with Gasteiger partial charge in [0.2, 0.25) is 0 Å². The van der Waals surface area contributed by atoms with Crippen molar-refractivity contribution in [1.29, 1.82) is 0 Å². The Balaban J connectivity index is 1.09. The molecule has 0 radical (unpaired) electrons. The van der Waals surface area contributed by atoms with Gasteiger partial charge in [0, 0.05) is 66.7 Å². The first-order valence-corrected chi connectivity index (χ1v) is 19.3. The molecule has 0 atom stereocenters. The summed E-state index contributed by atoms with van der Waals surface area (Å²) in [6.45, 7) is 0. The number of aromatic nitrogens is 5. The Hall–Kier alpha value is -7.76. The molecule has 5 nitrogen and oxygen atoms in total. The van der Waals surface area contributed by atoms with Crippen LogP contribution in [0, 0.1) is 0 Å².